The molecule has 1 amide bonds. The zero-order valence-corrected chi connectivity index (χ0v) is 11.6. The molecule has 0 aliphatic rings. The highest BCUT2D eigenvalue weighted by molar-refractivity contribution is 7.99. The standard InChI is InChI=1S/C12H17NO2S2/c1-8(11(7-14)17-2)13-12(15)9-4-3-5-10(16)6-9/h3-6,8,11,14,16H,7H2,1-2H3,(H,13,15). The van der Waals surface area contributed by atoms with Crippen LogP contribution in [-0.4, -0.2) is 35.2 Å². The van der Waals surface area contributed by atoms with Gasteiger partial charge in [0.2, 0.25) is 0 Å². The summed E-state index contributed by atoms with van der Waals surface area (Å²) in [4.78, 5) is 12.7. The second-order valence-corrected chi connectivity index (χ2v) is 5.36. The van der Waals surface area contributed by atoms with Crippen molar-refractivity contribution in [2.75, 3.05) is 12.9 Å². The lowest BCUT2D eigenvalue weighted by atomic mass is 10.2. The van der Waals surface area contributed by atoms with Crippen molar-refractivity contribution in [2.24, 2.45) is 0 Å². The minimum Gasteiger partial charge on any atom is -0.395 e. The van der Waals surface area contributed by atoms with Crippen molar-refractivity contribution in [2.45, 2.75) is 23.1 Å². The molecule has 1 aromatic rings. The molecule has 1 rings (SSSR count). The molecule has 0 aromatic heterocycles. The summed E-state index contributed by atoms with van der Waals surface area (Å²) in [6.07, 6.45) is 1.91. The van der Waals surface area contributed by atoms with E-state index in [2.05, 4.69) is 17.9 Å². The molecule has 0 fully saturated rings. The minimum absolute atomic E-state index is 0.0122. The number of nitrogens with one attached hydrogen (secondary N) is 1. The predicted octanol–water partition coefficient (Wildman–Crippen LogP) is 1.82. The second kappa shape index (κ2) is 6.93. The summed E-state index contributed by atoms with van der Waals surface area (Å²) in [5, 5.41) is 12.0. The van der Waals surface area contributed by atoms with E-state index < -0.39 is 0 Å². The van der Waals surface area contributed by atoms with Crippen LogP contribution in [0, 0.1) is 0 Å². The number of rotatable bonds is 5. The number of benzene rings is 1. The van der Waals surface area contributed by atoms with Crippen LogP contribution in [0.25, 0.3) is 0 Å². The third-order valence-corrected chi connectivity index (χ3v) is 3.95. The smallest absolute Gasteiger partial charge is 0.251 e. The largest absolute Gasteiger partial charge is 0.395 e. The Morgan fingerprint density at radius 1 is 1.59 bits per heavy atom. The molecular weight excluding hydrogens is 254 g/mol. The lowest BCUT2D eigenvalue weighted by Crippen LogP contribution is -2.41. The number of aliphatic hydroxyl groups is 1. The molecule has 17 heavy (non-hydrogen) atoms. The van der Waals surface area contributed by atoms with Crippen LogP contribution in [0.4, 0.5) is 0 Å². The summed E-state index contributed by atoms with van der Waals surface area (Å²) in [5.74, 6) is -0.138. The molecule has 0 radical (unpaired) electrons. The van der Waals surface area contributed by atoms with Gasteiger partial charge in [-0.1, -0.05) is 6.07 Å². The molecule has 3 nitrogen and oxygen atoms in total. The van der Waals surface area contributed by atoms with E-state index in [4.69, 9.17) is 5.11 Å². The summed E-state index contributed by atoms with van der Waals surface area (Å²) < 4.78 is 0. The summed E-state index contributed by atoms with van der Waals surface area (Å²) in [6, 6.07) is 7.00. The highest BCUT2D eigenvalue weighted by atomic mass is 32.2. The Balaban J connectivity index is 2.66. The summed E-state index contributed by atoms with van der Waals surface area (Å²) in [7, 11) is 0. The molecule has 0 heterocycles. The monoisotopic (exact) mass is 271 g/mol. The zero-order chi connectivity index (χ0) is 12.8. The van der Waals surface area contributed by atoms with Crippen molar-refractivity contribution < 1.29 is 9.90 Å². The van der Waals surface area contributed by atoms with Crippen molar-refractivity contribution in [1.82, 2.24) is 5.32 Å². The van der Waals surface area contributed by atoms with Gasteiger partial charge in [-0.15, -0.1) is 12.6 Å². The first-order valence-corrected chi connectivity index (χ1v) is 7.05. The Morgan fingerprint density at radius 2 is 2.29 bits per heavy atom. The normalized spacial score (nSPS) is 14.1. The topological polar surface area (TPSA) is 49.3 Å². The van der Waals surface area contributed by atoms with Gasteiger partial charge in [0.25, 0.3) is 5.91 Å². The van der Waals surface area contributed by atoms with E-state index in [0.717, 1.165) is 4.90 Å². The van der Waals surface area contributed by atoms with Gasteiger partial charge in [-0.2, -0.15) is 11.8 Å². The minimum atomic E-state index is -0.138. The average molecular weight is 271 g/mol. The van der Waals surface area contributed by atoms with E-state index in [0.29, 0.717) is 5.56 Å². The van der Waals surface area contributed by atoms with Crippen LogP contribution in [0.2, 0.25) is 0 Å². The highest BCUT2D eigenvalue weighted by Crippen LogP contribution is 2.12. The molecule has 0 spiro atoms. The number of carbonyl (C=O) groups is 1. The lowest BCUT2D eigenvalue weighted by molar-refractivity contribution is 0.0935. The molecular formula is C12H17NO2S2. The molecule has 0 aliphatic heterocycles. The maximum atomic E-state index is 11.9. The molecule has 2 atom stereocenters. The van der Waals surface area contributed by atoms with Crippen molar-refractivity contribution in [3.63, 3.8) is 0 Å². The second-order valence-electron chi connectivity index (χ2n) is 3.77. The van der Waals surface area contributed by atoms with Gasteiger partial charge in [0.1, 0.15) is 0 Å². The van der Waals surface area contributed by atoms with Crippen LogP contribution < -0.4 is 5.32 Å². The zero-order valence-electron chi connectivity index (χ0n) is 9.88. The Bertz CT molecular complexity index is 381. The Morgan fingerprint density at radius 3 is 2.82 bits per heavy atom. The number of thioether (sulfide) groups is 1. The lowest BCUT2D eigenvalue weighted by Gasteiger charge is -2.21. The van der Waals surface area contributed by atoms with Gasteiger partial charge >= 0.3 is 0 Å². The first kappa shape index (κ1) is 14.4. The van der Waals surface area contributed by atoms with E-state index in [1.165, 1.54) is 11.8 Å². The van der Waals surface area contributed by atoms with E-state index in [1.807, 2.05) is 19.2 Å². The van der Waals surface area contributed by atoms with Crippen LogP contribution in [0.1, 0.15) is 17.3 Å². The van der Waals surface area contributed by atoms with Crippen molar-refractivity contribution in [3.8, 4) is 0 Å². The molecule has 5 heteroatoms. The number of aliphatic hydroxyl groups excluding tert-OH is 1. The van der Waals surface area contributed by atoms with Crippen molar-refractivity contribution in [3.05, 3.63) is 29.8 Å². The van der Waals surface area contributed by atoms with Gasteiger partial charge in [-0.05, 0) is 31.4 Å². The van der Waals surface area contributed by atoms with Crippen LogP contribution in [0.5, 0.6) is 0 Å². The SMILES string of the molecule is CSC(CO)C(C)NC(=O)c1cccc(S)c1. The van der Waals surface area contributed by atoms with Gasteiger partial charge in [-0.25, -0.2) is 0 Å². The van der Waals surface area contributed by atoms with E-state index in [9.17, 15) is 4.79 Å². The van der Waals surface area contributed by atoms with Crippen LogP contribution in [0.15, 0.2) is 29.2 Å². The van der Waals surface area contributed by atoms with Gasteiger partial charge < -0.3 is 10.4 Å². The Hall–Kier alpha value is -0.650. The molecule has 0 saturated carbocycles. The number of hydrogen-bond acceptors (Lipinski definition) is 4. The third-order valence-electron chi connectivity index (χ3n) is 2.51. The summed E-state index contributed by atoms with van der Waals surface area (Å²) >= 11 is 5.73. The van der Waals surface area contributed by atoms with Crippen LogP contribution >= 0.6 is 24.4 Å². The highest BCUT2D eigenvalue weighted by Gasteiger charge is 2.17. The molecule has 94 valence electrons. The first-order chi connectivity index (χ1) is 8.08. The number of thiol groups is 1. The first-order valence-electron chi connectivity index (χ1n) is 5.32. The summed E-state index contributed by atoms with van der Waals surface area (Å²) in [5.41, 5.74) is 0.585. The van der Waals surface area contributed by atoms with Gasteiger partial charge in [0.15, 0.2) is 0 Å². The fourth-order valence-electron chi connectivity index (χ4n) is 1.47. The van der Waals surface area contributed by atoms with Crippen molar-refractivity contribution in [1.29, 1.82) is 0 Å². The third kappa shape index (κ3) is 4.26. The van der Waals surface area contributed by atoms with Crippen molar-refractivity contribution >= 4 is 30.3 Å². The Kier molecular flexibility index (Phi) is 5.88. The average Bonchev–Trinajstić information content (AvgIpc) is 2.30. The van der Waals surface area contributed by atoms with Gasteiger partial charge in [0, 0.05) is 21.8 Å². The molecule has 2 unspecified atom stereocenters. The van der Waals surface area contributed by atoms with E-state index in [-0.39, 0.29) is 23.8 Å². The molecule has 1 aromatic carbocycles. The fourth-order valence-corrected chi connectivity index (χ4v) is 2.32. The number of amides is 1. The van der Waals surface area contributed by atoms with Gasteiger partial charge in [0.05, 0.1) is 6.61 Å². The quantitative estimate of drug-likeness (QED) is 0.716. The van der Waals surface area contributed by atoms with Gasteiger partial charge in [-0.3, -0.25) is 4.79 Å². The molecule has 0 aliphatic carbocycles. The maximum absolute atomic E-state index is 11.9. The predicted molar refractivity (Wildman–Crippen MR) is 75.0 cm³/mol. The summed E-state index contributed by atoms with van der Waals surface area (Å²) in [6.45, 7) is 1.94. The molecule has 2 N–H and O–H groups in total. The van der Waals surface area contributed by atoms with Crippen LogP contribution in [0.3, 0.4) is 0 Å². The van der Waals surface area contributed by atoms with Crippen LogP contribution in [-0.2, 0) is 0 Å². The molecule has 0 bridgehead atoms. The Labute approximate surface area is 111 Å². The molecule has 0 saturated heterocycles. The number of hydrogen-bond donors (Lipinski definition) is 3. The van der Waals surface area contributed by atoms with E-state index in [1.54, 1.807) is 18.2 Å². The maximum Gasteiger partial charge on any atom is 0.251 e. The number of carbonyl (C=O) groups excluding carboxylic acids is 1. The fraction of sp³-hybridized carbons (Fsp3) is 0.417. The van der Waals surface area contributed by atoms with E-state index >= 15 is 0 Å².